The van der Waals surface area contributed by atoms with Crippen LogP contribution in [-0.2, 0) is 13.0 Å². The minimum absolute atomic E-state index is 0.126. The van der Waals surface area contributed by atoms with Gasteiger partial charge in [0.1, 0.15) is 5.82 Å². The molecule has 1 aromatic carbocycles. The molecule has 0 saturated heterocycles. The van der Waals surface area contributed by atoms with Crippen LogP contribution in [0.15, 0.2) is 55.0 Å². The van der Waals surface area contributed by atoms with Crippen molar-refractivity contribution in [3.8, 4) is 11.1 Å². The molecule has 4 nitrogen and oxygen atoms in total. The second-order valence-corrected chi connectivity index (χ2v) is 6.34. The minimum Gasteiger partial charge on any atom is -0.396 e. The zero-order valence-electron chi connectivity index (χ0n) is 14.1. The van der Waals surface area contributed by atoms with E-state index in [4.69, 9.17) is 16.7 Å². The Labute approximate surface area is 156 Å². The number of benzene rings is 1. The van der Waals surface area contributed by atoms with Crippen LogP contribution < -0.4 is 5.32 Å². The van der Waals surface area contributed by atoms with Crippen LogP contribution in [-0.4, -0.2) is 21.7 Å². The number of aliphatic hydroxyl groups excluding tert-OH is 1. The summed E-state index contributed by atoms with van der Waals surface area (Å²) in [6.45, 7) is 0.620. The Morgan fingerprint density at radius 1 is 1.12 bits per heavy atom. The Hall–Kier alpha value is -2.50. The molecule has 0 fully saturated rings. The SMILES string of the molecule is OCCCc1cc(-c2cncc(NCc3cccc(F)c3)c2)c(Cl)cn1. The molecule has 0 atom stereocenters. The molecular weight excluding hydrogens is 353 g/mol. The highest BCUT2D eigenvalue weighted by atomic mass is 35.5. The van der Waals surface area contributed by atoms with Gasteiger partial charge in [0.2, 0.25) is 0 Å². The van der Waals surface area contributed by atoms with Gasteiger partial charge in [-0.25, -0.2) is 4.39 Å². The monoisotopic (exact) mass is 371 g/mol. The molecule has 2 N–H and O–H groups in total. The van der Waals surface area contributed by atoms with E-state index in [9.17, 15) is 4.39 Å². The van der Waals surface area contributed by atoms with Gasteiger partial charge < -0.3 is 10.4 Å². The van der Waals surface area contributed by atoms with E-state index < -0.39 is 0 Å². The standard InChI is InChI=1S/C20H19ClFN3O/c21-20-13-25-17(5-2-6-26)9-19(20)15-8-18(12-23-11-15)24-10-14-3-1-4-16(22)7-14/h1,3-4,7-9,11-13,24,26H,2,5-6,10H2. The van der Waals surface area contributed by atoms with Gasteiger partial charge in [0.05, 0.1) is 10.7 Å². The van der Waals surface area contributed by atoms with E-state index in [1.807, 2.05) is 18.2 Å². The molecule has 2 heterocycles. The van der Waals surface area contributed by atoms with Gasteiger partial charge in [0.25, 0.3) is 0 Å². The average Bonchev–Trinajstić information content (AvgIpc) is 2.66. The number of aliphatic hydroxyl groups is 1. The van der Waals surface area contributed by atoms with Crippen molar-refractivity contribution >= 4 is 17.3 Å². The summed E-state index contributed by atoms with van der Waals surface area (Å²) in [4.78, 5) is 8.56. The molecule has 0 aliphatic carbocycles. The van der Waals surface area contributed by atoms with Crippen LogP contribution in [0.2, 0.25) is 5.02 Å². The zero-order valence-corrected chi connectivity index (χ0v) is 14.9. The van der Waals surface area contributed by atoms with Crippen molar-refractivity contribution in [3.63, 3.8) is 0 Å². The number of aryl methyl sites for hydroxylation is 1. The van der Waals surface area contributed by atoms with Gasteiger partial charge in [0.15, 0.2) is 0 Å². The lowest BCUT2D eigenvalue weighted by Gasteiger charge is -2.10. The number of rotatable bonds is 7. The molecule has 0 aliphatic heterocycles. The summed E-state index contributed by atoms with van der Waals surface area (Å²) in [6.07, 6.45) is 6.42. The molecule has 0 amide bonds. The summed E-state index contributed by atoms with van der Waals surface area (Å²) in [5, 5.41) is 12.8. The minimum atomic E-state index is -0.254. The van der Waals surface area contributed by atoms with E-state index in [-0.39, 0.29) is 12.4 Å². The topological polar surface area (TPSA) is 58.0 Å². The number of hydrogen-bond donors (Lipinski definition) is 2. The largest absolute Gasteiger partial charge is 0.396 e. The van der Waals surface area contributed by atoms with E-state index in [1.165, 1.54) is 12.1 Å². The van der Waals surface area contributed by atoms with Gasteiger partial charge in [-0.3, -0.25) is 9.97 Å². The third-order valence-electron chi connectivity index (χ3n) is 3.94. The van der Waals surface area contributed by atoms with Crippen LogP contribution in [0.25, 0.3) is 11.1 Å². The number of nitrogens with zero attached hydrogens (tertiary/aromatic N) is 2. The summed E-state index contributed by atoms with van der Waals surface area (Å²) < 4.78 is 13.3. The highest BCUT2D eigenvalue weighted by Crippen LogP contribution is 2.29. The third kappa shape index (κ3) is 4.77. The Balaban J connectivity index is 1.78. The molecule has 0 radical (unpaired) electrons. The van der Waals surface area contributed by atoms with Crippen molar-refractivity contribution in [1.82, 2.24) is 9.97 Å². The van der Waals surface area contributed by atoms with Gasteiger partial charge in [-0.05, 0) is 42.7 Å². The van der Waals surface area contributed by atoms with Gasteiger partial charge >= 0.3 is 0 Å². The molecule has 0 aliphatic rings. The maximum Gasteiger partial charge on any atom is 0.123 e. The van der Waals surface area contributed by atoms with E-state index in [1.54, 1.807) is 24.7 Å². The fraction of sp³-hybridized carbons (Fsp3) is 0.200. The summed E-state index contributed by atoms with van der Waals surface area (Å²) in [6, 6.07) is 10.3. The van der Waals surface area contributed by atoms with E-state index in [2.05, 4.69) is 15.3 Å². The van der Waals surface area contributed by atoms with Gasteiger partial charge in [-0.15, -0.1) is 0 Å². The Kier molecular flexibility index (Phi) is 6.15. The molecular formula is C20H19ClFN3O. The summed E-state index contributed by atoms with van der Waals surface area (Å²) >= 11 is 6.31. The first-order valence-corrected chi connectivity index (χ1v) is 8.72. The average molecular weight is 372 g/mol. The second-order valence-electron chi connectivity index (χ2n) is 5.93. The molecule has 6 heteroatoms. The molecule has 0 spiro atoms. The third-order valence-corrected chi connectivity index (χ3v) is 4.24. The van der Waals surface area contributed by atoms with Crippen molar-refractivity contribution in [2.24, 2.45) is 0 Å². The molecule has 3 rings (SSSR count). The number of halogens is 2. The predicted molar refractivity (Wildman–Crippen MR) is 102 cm³/mol. The van der Waals surface area contributed by atoms with E-state index in [0.717, 1.165) is 28.1 Å². The van der Waals surface area contributed by atoms with Crippen molar-refractivity contribution in [3.05, 3.63) is 77.1 Å². The lowest BCUT2D eigenvalue weighted by atomic mass is 10.1. The first-order chi connectivity index (χ1) is 12.7. The summed E-state index contributed by atoms with van der Waals surface area (Å²) in [7, 11) is 0. The van der Waals surface area contributed by atoms with Crippen LogP contribution in [0.1, 0.15) is 17.7 Å². The second kappa shape index (κ2) is 8.74. The van der Waals surface area contributed by atoms with Crippen molar-refractivity contribution in [2.45, 2.75) is 19.4 Å². The van der Waals surface area contributed by atoms with Crippen molar-refractivity contribution < 1.29 is 9.50 Å². The molecule has 2 aromatic heterocycles. The van der Waals surface area contributed by atoms with Crippen molar-refractivity contribution in [1.29, 1.82) is 0 Å². The fourth-order valence-electron chi connectivity index (χ4n) is 2.64. The van der Waals surface area contributed by atoms with E-state index >= 15 is 0 Å². The van der Waals surface area contributed by atoms with E-state index in [0.29, 0.717) is 24.4 Å². The first-order valence-electron chi connectivity index (χ1n) is 8.35. The fourth-order valence-corrected chi connectivity index (χ4v) is 2.85. The van der Waals surface area contributed by atoms with Crippen LogP contribution >= 0.6 is 11.6 Å². The predicted octanol–water partition coefficient (Wildman–Crippen LogP) is 4.47. The van der Waals surface area contributed by atoms with Crippen LogP contribution in [0, 0.1) is 5.82 Å². The molecule has 0 saturated carbocycles. The summed E-state index contributed by atoms with van der Waals surface area (Å²) in [5.74, 6) is -0.254. The normalized spacial score (nSPS) is 10.7. The maximum absolute atomic E-state index is 13.3. The van der Waals surface area contributed by atoms with Crippen molar-refractivity contribution in [2.75, 3.05) is 11.9 Å². The zero-order chi connectivity index (χ0) is 18.4. The van der Waals surface area contributed by atoms with Gasteiger partial charge in [-0.2, -0.15) is 0 Å². The number of pyridine rings is 2. The lowest BCUT2D eigenvalue weighted by molar-refractivity contribution is 0.288. The number of anilines is 1. The first kappa shape index (κ1) is 18.3. The highest BCUT2D eigenvalue weighted by Gasteiger charge is 2.08. The lowest BCUT2D eigenvalue weighted by Crippen LogP contribution is -2.00. The Morgan fingerprint density at radius 2 is 2.00 bits per heavy atom. The Morgan fingerprint density at radius 3 is 2.81 bits per heavy atom. The van der Waals surface area contributed by atoms with Crippen LogP contribution in [0.5, 0.6) is 0 Å². The number of hydrogen-bond acceptors (Lipinski definition) is 4. The summed E-state index contributed by atoms with van der Waals surface area (Å²) in [5.41, 5.74) is 4.25. The molecule has 3 aromatic rings. The quantitative estimate of drug-likeness (QED) is 0.643. The molecule has 0 bridgehead atoms. The molecule has 26 heavy (non-hydrogen) atoms. The van der Waals surface area contributed by atoms with Gasteiger partial charge in [0, 0.05) is 48.6 Å². The number of aromatic nitrogens is 2. The number of nitrogens with one attached hydrogen (secondary N) is 1. The maximum atomic E-state index is 13.3. The highest BCUT2D eigenvalue weighted by molar-refractivity contribution is 6.33. The molecule has 0 unspecified atom stereocenters. The van der Waals surface area contributed by atoms with Gasteiger partial charge in [-0.1, -0.05) is 23.7 Å². The van der Waals surface area contributed by atoms with Crippen LogP contribution in [0.4, 0.5) is 10.1 Å². The molecule has 134 valence electrons. The smallest absolute Gasteiger partial charge is 0.123 e. The van der Waals surface area contributed by atoms with Crippen LogP contribution in [0.3, 0.4) is 0 Å². The Bertz CT molecular complexity index is 888.